The maximum atomic E-state index is 12.5. The summed E-state index contributed by atoms with van der Waals surface area (Å²) in [5.41, 5.74) is 4.53. The lowest BCUT2D eigenvalue weighted by Crippen LogP contribution is -2.14. The number of hydrogen-bond donors (Lipinski definition) is 2. The molecule has 2 N–H and O–H groups in total. The van der Waals surface area contributed by atoms with Gasteiger partial charge in [-0.1, -0.05) is 18.2 Å². The Hall–Kier alpha value is -3.54. The Bertz CT molecular complexity index is 1010. The van der Waals surface area contributed by atoms with E-state index in [9.17, 15) is 9.59 Å². The Morgan fingerprint density at radius 1 is 0.889 bits per heavy atom. The number of Topliss-reactive ketones (excluding diaryl/α,β-unsaturated/α-hetero) is 1. The molecule has 0 radical (unpaired) electrons. The van der Waals surface area contributed by atoms with Crippen LogP contribution < -0.4 is 10.6 Å². The molecule has 0 unspecified atom stereocenters. The smallest absolute Gasteiger partial charge is 0.274 e. The summed E-state index contributed by atoms with van der Waals surface area (Å²) in [6, 6.07) is 14.4. The molecule has 6 heteroatoms. The summed E-state index contributed by atoms with van der Waals surface area (Å²) in [6.45, 7) is 5.52. The van der Waals surface area contributed by atoms with Gasteiger partial charge in [0.05, 0.1) is 0 Å². The van der Waals surface area contributed by atoms with Crippen molar-refractivity contribution in [2.24, 2.45) is 0 Å². The first-order valence-electron chi connectivity index (χ1n) is 8.51. The molecule has 27 heavy (non-hydrogen) atoms. The Balaban J connectivity index is 1.76. The van der Waals surface area contributed by atoms with E-state index < -0.39 is 0 Å². The number of hydrogen-bond acceptors (Lipinski definition) is 5. The fourth-order valence-electron chi connectivity index (χ4n) is 2.53. The van der Waals surface area contributed by atoms with Crippen LogP contribution in [0.15, 0.2) is 54.9 Å². The van der Waals surface area contributed by atoms with Crippen molar-refractivity contribution >= 4 is 28.9 Å². The van der Waals surface area contributed by atoms with Crippen molar-refractivity contribution < 1.29 is 9.59 Å². The van der Waals surface area contributed by atoms with Crippen molar-refractivity contribution in [1.82, 2.24) is 9.97 Å². The monoisotopic (exact) mass is 360 g/mol. The van der Waals surface area contributed by atoms with Gasteiger partial charge in [-0.15, -0.1) is 0 Å². The van der Waals surface area contributed by atoms with E-state index in [-0.39, 0.29) is 17.4 Å². The molecule has 0 atom stereocenters. The number of anilines is 3. The van der Waals surface area contributed by atoms with Gasteiger partial charge in [0.25, 0.3) is 5.91 Å². The van der Waals surface area contributed by atoms with E-state index in [1.165, 1.54) is 13.3 Å². The number of nitrogens with zero attached hydrogens (tertiary/aromatic N) is 2. The van der Waals surface area contributed by atoms with Gasteiger partial charge < -0.3 is 10.6 Å². The summed E-state index contributed by atoms with van der Waals surface area (Å²) in [5.74, 6) is 0.131. The van der Waals surface area contributed by atoms with Gasteiger partial charge in [-0.05, 0) is 56.2 Å². The van der Waals surface area contributed by atoms with Gasteiger partial charge in [0.2, 0.25) is 0 Å². The van der Waals surface area contributed by atoms with Crippen molar-refractivity contribution in [3.63, 3.8) is 0 Å². The highest BCUT2D eigenvalue weighted by molar-refractivity contribution is 6.03. The minimum atomic E-state index is -0.318. The number of carbonyl (C=O) groups is 2. The molecule has 0 aliphatic carbocycles. The van der Waals surface area contributed by atoms with Gasteiger partial charge in [-0.2, -0.15) is 0 Å². The van der Waals surface area contributed by atoms with Crippen LogP contribution in [0.4, 0.5) is 17.2 Å². The van der Waals surface area contributed by atoms with Crippen LogP contribution in [0.1, 0.15) is 38.9 Å². The summed E-state index contributed by atoms with van der Waals surface area (Å²) in [6.07, 6.45) is 1.33. The Kier molecular flexibility index (Phi) is 5.26. The van der Waals surface area contributed by atoms with E-state index in [2.05, 4.69) is 20.6 Å². The Labute approximate surface area is 157 Å². The molecule has 136 valence electrons. The molecule has 1 aromatic heterocycles. The first-order valence-corrected chi connectivity index (χ1v) is 8.51. The topological polar surface area (TPSA) is 84.0 Å². The SMILES string of the molecule is CC(=O)c1cccc(Nc2cc(C(=O)Nc3ccc(C)c(C)c3)ncn2)c1. The van der Waals surface area contributed by atoms with E-state index in [0.717, 1.165) is 11.1 Å². The van der Waals surface area contributed by atoms with E-state index in [4.69, 9.17) is 0 Å². The summed E-state index contributed by atoms with van der Waals surface area (Å²) < 4.78 is 0. The van der Waals surface area contributed by atoms with E-state index >= 15 is 0 Å². The van der Waals surface area contributed by atoms with Crippen molar-refractivity contribution in [3.8, 4) is 0 Å². The molecule has 0 fully saturated rings. The molecule has 0 saturated heterocycles. The second-order valence-electron chi connectivity index (χ2n) is 6.30. The predicted molar refractivity (Wildman–Crippen MR) is 106 cm³/mol. The number of aromatic nitrogens is 2. The minimum Gasteiger partial charge on any atom is -0.340 e. The maximum absolute atomic E-state index is 12.5. The zero-order chi connectivity index (χ0) is 19.4. The zero-order valence-corrected chi connectivity index (χ0v) is 15.4. The maximum Gasteiger partial charge on any atom is 0.274 e. The summed E-state index contributed by atoms with van der Waals surface area (Å²) in [7, 11) is 0. The molecule has 1 heterocycles. The molecule has 0 aliphatic rings. The Morgan fingerprint density at radius 2 is 1.70 bits per heavy atom. The zero-order valence-electron chi connectivity index (χ0n) is 15.4. The molecule has 2 aromatic carbocycles. The molecule has 3 aromatic rings. The number of amides is 1. The molecule has 0 bridgehead atoms. The van der Waals surface area contributed by atoms with Crippen LogP contribution in [0.3, 0.4) is 0 Å². The second kappa shape index (κ2) is 7.78. The van der Waals surface area contributed by atoms with Gasteiger partial charge in [0.1, 0.15) is 17.8 Å². The van der Waals surface area contributed by atoms with Gasteiger partial charge in [0, 0.05) is 23.0 Å². The van der Waals surface area contributed by atoms with Crippen LogP contribution >= 0.6 is 0 Å². The largest absolute Gasteiger partial charge is 0.340 e. The van der Waals surface area contributed by atoms with Crippen LogP contribution in [0, 0.1) is 13.8 Å². The average molecular weight is 360 g/mol. The van der Waals surface area contributed by atoms with Crippen LogP contribution in [-0.4, -0.2) is 21.7 Å². The minimum absolute atomic E-state index is 0.0187. The number of benzene rings is 2. The molecule has 6 nitrogen and oxygen atoms in total. The fourth-order valence-corrected chi connectivity index (χ4v) is 2.53. The summed E-state index contributed by atoms with van der Waals surface area (Å²) in [5, 5.41) is 5.93. The highest BCUT2D eigenvalue weighted by Gasteiger charge is 2.10. The standard InChI is InChI=1S/C21H20N4O2/c1-13-7-8-18(9-14(13)2)25-21(27)19-11-20(23-12-22-19)24-17-6-4-5-16(10-17)15(3)26/h4-12H,1-3H3,(H,25,27)(H,22,23,24). The molecule has 3 rings (SSSR count). The molecule has 1 amide bonds. The van der Waals surface area contributed by atoms with Gasteiger partial charge in [0.15, 0.2) is 5.78 Å². The first kappa shape index (κ1) is 18.3. The molecule has 0 saturated carbocycles. The van der Waals surface area contributed by atoms with E-state index in [1.54, 1.807) is 24.3 Å². The average Bonchev–Trinajstić information content (AvgIpc) is 2.65. The van der Waals surface area contributed by atoms with Crippen LogP contribution in [0.5, 0.6) is 0 Å². The van der Waals surface area contributed by atoms with Crippen molar-refractivity contribution in [2.75, 3.05) is 10.6 Å². The van der Waals surface area contributed by atoms with Gasteiger partial charge >= 0.3 is 0 Å². The van der Waals surface area contributed by atoms with Crippen molar-refractivity contribution in [1.29, 1.82) is 0 Å². The lowest BCUT2D eigenvalue weighted by Gasteiger charge is -2.09. The predicted octanol–water partition coefficient (Wildman–Crippen LogP) is 4.29. The van der Waals surface area contributed by atoms with Crippen molar-refractivity contribution in [3.05, 3.63) is 77.2 Å². The Morgan fingerprint density at radius 3 is 2.44 bits per heavy atom. The third kappa shape index (κ3) is 4.55. The number of carbonyl (C=O) groups excluding carboxylic acids is 2. The van der Waals surface area contributed by atoms with E-state index in [0.29, 0.717) is 22.8 Å². The van der Waals surface area contributed by atoms with Crippen LogP contribution in [-0.2, 0) is 0 Å². The number of nitrogens with one attached hydrogen (secondary N) is 2. The second-order valence-corrected chi connectivity index (χ2v) is 6.30. The van der Waals surface area contributed by atoms with Gasteiger partial charge in [-0.25, -0.2) is 9.97 Å². The van der Waals surface area contributed by atoms with E-state index in [1.807, 2.05) is 38.1 Å². The fraction of sp³-hybridized carbons (Fsp3) is 0.143. The summed E-state index contributed by atoms with van der Waals surface area (Å²) in [4.78, 5) is 32.2. The number of rotatable bonds is 5. The molecule has 0 aliphatic heterocycles. The van der Waals surface area contributed by atoms with Crippen LogP contribution in [0.25, 0.3) is 0 Å². The quantitative estimate of drug-likeness (QED) is 0.663. The van der Waals surface area contributed by atoms with Crippen molar-refractivity contribution in [2.45, 2.75) is 20.8 Å². The number of aryl methyl sites for hydroxylation is 2. The third-order valence-electron chi connectivity index (χ3n) is 4.21. The van der Waals surface area contributed by atoms with Crippen LogP contribution in [0.2, 0.25) is 0 Å². The first-order chi connectivity index (χ1) is 12.9. The molecule has 0 spiro atoms. The number of ketones is 1. The molecular formula is C21H20N4O2. The van der Waals surface area contributed by atoms with Gasteiger partial charge in [-0.3, -0.25) is 9.59 Å². The lowest BCUT2D eigenvalue weighted by molar-refractivity contribution is 0.101. The third-order valence-corrected chi connectivity index (χ3v) is 4.21. The molecular weight excluding hydrogens is 340 g/mol. The highest BCUT2D eigenvalue weighted by atomic mass is 16.2. The lowest BCUT2D eigenvalue weighted by atomic mass is 10.1. The highest BCUT2D eigenvalue weighted by Crippen LogP contribution is 2.18. The normalized spacial score (nSPS) is 10.3. The summed E-state index contributed by atoms with van der Waals surface area (Å²) >= 11 is 0.